The summed E-state index contributed by atoms with van der Waals surface area (Å²) in [6.07, 6.45) is -0.0682. The van der Waals surface area contributed by atoms with E-state index in [1.165, 1.54) is 31.0 Å². The summed E-state index contributed by atoms with van der Waals surface area (Å²) < 4.78 is 25.3. The van der Waals surface area contributed by atoms with E-state index in [0.717, 1.165) is 0 Å². The number of hydrogen-bond acceptors (Lipinski definition) is 5. The normalized spacial score (nSPS) is 15.1. The highest BCUT2D eigenvalue weighted by atomic mass is 19.1. The summed E-state index contributed by atoms with van der Waals surface area (Å²) in [7, 11) is 3.02. The van der Waals surface area contributed by atoms with Crippen molar-refractivity contribution >= 4 is 23.3 Å². The van der Waals surface area contributed by atoms with Crippen LogP contribution in [-0.4, -0.2) is 35.8 Å². The Bertz CT molecular complexity index is 1160. The number of methoxy groups -OCH3 is 2. The van der Waals surface area contributed by atoms with E-state index in [9.17, 15) is 14.0 Å². The number of benzene rings is 2. The van der Waals surface area contributed by atoms with Crippen LogP contribution in [-0.2, 0) is 9.59 Å². The smallest absolute Gasteiger partial charge is 0.249 e. The number of fused-ring (bicyclic) bond motifs is 1. The average molecular weight is 424 g/mol. The minimum atomic E-state index is -0.858. The Morgan fingerprint density at radius 2 is 1.94 bits per heavy atom. The van der Waals surface area contributed by atoms with Gasteiger partial charge in [-0.05, 0) is 43.3 Å². The molecule has 31 heavy (non-hydrogen) atoms. The quantitative estimate of drug-likeness (QED) is 0.653. The summed E-state index contributed by atoms with van der Waals surface area (Å²) in [5, 5.41) is 10.2. The molecule has 2 N–H and O–H groups in total. The lowest BCUT2D eigenvalue weighted by atomic mass is 10.1. The number of hydrogen-bond donors (Lipinski definition) is 2. The van der Waals surface area contributed by atoms with Crippen molar-refractivity contribution in [2.75, 3.05) is 24.9 Å². The van der Waals surface area contributed by atoms with Crippen molar-refractivity contribution in [3.05, 3.63) is 53.8 Å². The number of aromatic nitrogens is 2. The number of rotatable bonds is 5. The summed E-state index contributed by atoms with van der Waals surface area (Å²) in [5.41, 5.74) is 2.39. The maximum atomic E-state index is 13.3. The molecule has 0 spiro atoms. The van der Waals surface area contributed by atoms with E-state index < -0.39 is 11.9 Å². The molecule has 9 heteroatoms. The molecule has 0 aliphatic carbocycles. The lowest BCUT2D eigenvalue weighted by Gasteiger charge is -2.24. The molecule has 2 aromatic carbocycles. The van der Waals surface area contributed by atoms with Crippen molar-refractivity contribution in [3.63, 3.8) is 0 Å². The highest BCUT2D eigenvalue weighted by Gasteiger charge is 2.34. The molecule has 1 aromatic heterocycles. The van der Waals surface area contributed by atoms with E-state index in [0.29, 0.717) is 39.8 Å². The SMILES string of the molecule is COc1ccc(NC(=O)[C@H]2CC(=O)Nc3c(C)c(-c4ccc(F)cc4)nn32)c(OC)c1. The number of nitrogens with zero attached hydrogens (tertiary/aromatic N) is 2. The van der Waals surface area contributed by atoms with Crippen molar-refractivity contribution < 1.29 is 23.5 Å². The summed E-state index contributed by atoms with van der Waals surface area (Å²) in [6.45, 7) is 1.80. The predicted octanol–water partition coefficient (Wildman–Crippen LogP) is 3.54. The summed E-state index contributed by atoms with van der Waals surface area (Å²) >= 11 is 0. The van der Waals surface area contributed by atoms with Crippen LogP contribution in [0.15, 0.2) is 42.5 Å². The van der Waals surface area contributed by atoms with Crippen LogP contribution in [0.3, 0.4) is 0 Å². The van der Waals surface area contributed by atoms with Crippen LogP contribution >= 0.6 is 0 Å². The van der Waals surface area contributed by atoms with E-state index in [1.54, 1.807) is 37.3 Å². The maximum absolute atomic E-state index is 13.3. The number of nitrogens with one attached hydrogen (secondary N) is 2. The molecule has 2 amide bonds. The van der Waals surface area contributed by atoms with E-state index in [2.05, 4.69) is 15.7 Å². The second kappa shape index (κ2) is 8.10. The second-order valence-electron chi connectivity index (χ2n) is 7.10. The first-order chi connectivity index (χ1) is 14.9. The first-order valence-corrected chi connectivity index (χ1v) is 9.59. The summed E-state index contributed by atoms with van der Waals surface area (Å²) in [6, 6.07) is 10.0. The number of amides is 2. The van der Waals surface area contributed by atoms with Crippen LogP contribution in [0.25, 0.3) is 11.3 Å². The largest absolute Gasteiger partial charge is 0.497 e. The lowest BCUT2D eigenvalue weighted by Crippen LogP contribution is -2.36. The van der Waals surface area contributed by atoms with Crippen LogP contribution in [0.4, 0.5) is 15.9 Å². The highest BCUT2D eigenvalue weighted by Crippen LogP contribution is 2.35. The van der Waals surface area contributed by atoms with Crippen molar-refractivity contribution in [2.45, 2.75) is 19.4 Å². The monoisotopic (exact) mass is 424 g/mol. The molecular weight excluding hydrogens is 403 g/mol. The van der Waals surface area contributed by atoms with Crippen LogP contribution in [0.5, 0.6) is 11.5 Å². The molecule has 0 unspecified atom stereocenters. The molecule has 8 nitrogen and oxygen atoms in total. The van der Waals surface area contributed by atoms with Crippen molar-refractivity contribution in [2.24, 2.45) is 0 Å². The van der Waals surface area contributed by atoms with E-state index in [-0.39, 0.29) is 18.1 Å². The zero-order chi connectivity index (χ0) is 22.1. The van der Waals surface area contributed by atoms with Crippen LogP contribution in [0.1, 0.15) is 18.0 Å². The standard InChI is InChI=1S/C22H21FN4O4/c1-12-20(13-4-6-14(23)7-5-13)26-27-17(11-19(28)25-21(12)27)22(29)24-16-9-8-15(30-2)10-18(16)31-3/h4-10,17H,11H2,1-3H3,(H,24,29)(H,25,28)/t17-/m1/s1. The fraction of sp³-hybridized carbons (Fsp3) is 0.227. The van der Waals surface area contributed by atoms with Gasteiger partial charge in [-0.2, -0.15) is 5.10 Å². The number of carbonyl (C=O) groups is 2. The Balaban J connectivity index is 1.68. The third-order valence-corrected chi connectivity index (χ3v) is 5.17. The summed E-state index contributed by atoms with van der Waals surface area (Å²) in [5.74, 6) is 0.398. The molecule has 2 heterocycles. The van der Waals surface area contributed by atoms with Crippen LogP contribution in [0, 0.1) is 12.7 Å². The molecule has 1 aliphatic heterocycles. The molecule has 0 bridgehead atoms. The molecule has 0 saturated heterocycles. The Morgan fingerprint density at radius 1 is 1.19 bits per heavy atom. The van der Waals surface area contributed by atoms with Gasteiger partial charge in [0.1, 0.15) is 29.2 Å². The van der Waals surface area contributed by atoms with Crippen LogP contribution < -0.4 is 20.1 Å². The van der Waals surface area contributed by atoms with Gasteiger partial charge in [0.2, 0.25) is 11.8 Å². The van der Waals surface area contributed by atoms with E-state index in [4.69, 9.17) is 9.47 Å². The molecule has 0 fully saturated rings. The predicted molar refractivity (Wildman–Crippen MR) is 113 cm³/mol. The molecule has 0 saturated carbocycles. The van der Waals surface area contributed by atoms with Crippen molar-refractivity contribution in [3.8, 4) is 22.8 Å². The molecule has 3 aromatic rings. The molecule has 160 valence electrons. The van der Waals surface area contributed by atoms with Crippen molar-refractivity contribution in [1.82, 2.24) is 9.78 Å². The van der Waals surface area contributed by atoms with Crippen LogP contribution in [0.2, 0.25) is 0 Å². The molecule has 1 aliphatic rings. The third kappa shape index (κ3) is 3.81. The summed E-state index contributed by atoms with van der Waals surface area (Å²) in [4.78, 5) is 25.4. The Hall–Kier alpha value is -3.88. The molecular formula is C22H21FN4O4. The zero-order valence-corrected chi connectivity index (χ0v) is 17.2. The van der Waals surface area contributed by atoms with Gasteiger partial charge in [0.15, 0.2) is 0 Å². The second-order valence-corrected chi connectivity index (χ2v) is 7.10. The fourth-order valence-electron chi connectivity index (χ4n) is 3.54. The Morgan fingerprint density at radius 3 is 2.61 bits per heavy atom. The first kappa shape index (κ1) is 20.4. The zero-order valence-electron chi connectivity index (χ0n) is 17.2. The number of ether oxygens (including phenoxy) is 2. The molecule has 0 radical (unpaired) electrons. The van der Waals surface area contributed by atoms with E-state index >= 15 is 0 Å². The van der Waals surface area contributed by atoms with Gasteiger partial charge < -0.3 is 20.1 Å². The van der Waals surface area contributed by atoms with Gasteiger partial charge in [-0.15, -0.1) is 0 Å². The third-order valence-electron chi connectivity index (χ3n) is 5.17. The number of carbonyl (C=O) groups excluding carboxylic acids is 2. The Labute approximate surface area is 178 Å². The topological polar surface area (TPSA) is 94.5 Å². The van der Waals surface area contributed by atoms with Gasteiger partial charge in [0.25, 0.3) is 0 Å². The van der Waals surface area contributed by atoms with Gasteiger partial charge in [-0.25, -0.2) is 9.07 Å². The minimum Gasteiger partial charge on any atom is -0.497 e. The first-order valence-electron chi connectivity index (χ1n) is 9.59. The van der Waals surface area contributed by atoms with Gasteiger partial charge in [0, 0.05) is 17.2 Å². The number of anilines is 2. The fourth-order valence-corrected chi connectivity index (χ4v) is 3.54. The Kier molecular flexibility index (Phi) is 5.33. The van der Waals surface area contributed by atoms with Gasteiger partial charge in [-0.1, -0.05) is 0 Å². The van der Waals surface area contributed by atoms with Crippen molar-refractivity contribution in [1.29, 1.82) is 0 Å². The van der Waals surface area contributed by atoms with E-state index in [1.807, 2.05) is 0 Å². The molecule has 1 atom stereocenters. The average Bonchev–Trinajstić information content (AvgIpc) is 3.10. The van der Waals surface area contributed by atoms with Gasteiger partial charge in [0.05, 0.1) is 32.0 Å². The molecule has 4 rings (SSSR count). The van der Waals surface area contributed by atoms with Gasteiger partial charge in [-0.3, -0.25) is 9.59 Å². The maximum Gasteiger partial charge on any atom is 0.249 e. The highest BCUT2D eigenvalue weighted by molar-refractivity contribution is 6.02. The van der Waals surface area contributed by atoms with Gasteiger partial charge >= 0.3 is 0 Å². The minimum absolute atomic E-state index is 0.0682. The number of halogens is 1. The lowest BCUT2D eigenvalue weighted by molar-refractivity contribution is -0.125.